The molecule has 21 heavy (non-hydrogen) atoms. The maximum Gasteiger partial charge on any atom is 0.343 e. The van der Waals surface area contributed by atoms with Crippen molar-refractivity contribution in [1.29, 1.82) is 0 Å². The largest absolute Gasteiger partial charge is 0.423 e. The van der Waals surface area contributed by atoms with Gasteiger partial charge in [0.1, 0.15) is 5.75 Å². The summed E-state index contributed by atoms with van der Waals surface area (Å²) in [6, 6.07) is 14.1. The highest BCUT2D eigenvalue weighted by molar-refractivity contribution is 5.91. The summed E-state index contributed by atoms with van der Waals surface area (Å²) in [5.74, 6) is 0.0249. The maximum absolute atomic E-state index is 12.1. The molecule has 2 aromatic carbocycles. The van der Waals surface area contributed by atoms with Crippen molar-refractivity contribution in [3.05, 3.63) is 65.2 Å². The summed E-state index contributed by atoms with van der Waals surface area (Å²) < 4.78 is 5.45. The Morgan fingerprint density at radius 2 is 1.67 bits per heavy atom. The normalized spacial score (nSPS) is 20.7. The molecule has 0 amide bonds. The monoisotopic (exact) mass is 284 g/mol. The van der Waals surface area contributed by atoms with E-state index < -0.39 is 18.2 Å². The smallest absolute Gasteiger partial charge is 0.343 e. The molecular weight excluding hydrogens is 268 g/mol. The van der Waals surface area contributed by atoms with E-state index >= 15 is 0 Å². The van der Waals surface area contributed by atoms with Crippen LogP contribution in [0.5, 0.6) is 5.75 Å². The van der Waals surface area contributed by atoms with E-state index in [0.717, 1.165) is 11.1 Å². The van der Waals surface area contributed by atoms with Crippen LogP contribution >= 0.6 is 0 Å². The van der Waals surface area contributed by atoms with Crippen molar-refractivity contribution in [2.24, 2.45) is 0 Å². The molecule has 1 aliphatic carbocycles. The molecule has 0 heterocycles. The molecule has 108 valence electrons. The average molecular weight is 284 g/mol. The Morgan fingerprint density at radius 1 is 0.952 bits per heavy atom. The van der Waals surface area contributed by atoms with Crippen LogP contribution in [0.1, 0.15) is 21.5 Å². The number of aliphatic hydroxyl groups is 2. The topological polar surface area (TPSA) is 66.8 Å². The molecule has 1 aliphatic rings. The van der Waals surface area contributed by atoms with E-state index in [0.29, 0.717) is 17.7 Å². The predicted molar refractivity (Wildman–Crippen MR) is 77.3 cm³/mol. The first-order valence-electron chi connectivity index (χ1n) is 6.89. The Kier molecular flexibility index (Phi) is 3.73. The van der Waals surface area contributed by atoms with Crippen LogP contribution in [0.2, 0.25) is 0 Å². The number of rotatable bonds is 2. The molecule has 0 radical (unpaired) electrons. The molecule has 0 saturated carbocycles. The van der Waals surface area contributed by atoms with Crippen LogP contribution in [0.15, 0.2) is 48.5 Å². The number of esters is 1. The molecule has 0 aromatic heterocycles. The van der Waals surface area contributed by atoms with Gasteiger partial charge in [-0.05, 0) is 23.8 Å². The first-order valence-corrected chi connectivity index (χ1v) is 6.89. The van der Waals surface area contributed by atoms with Gasteiger partial charge in [0.05, 0.1) is 17.8 Å². The van der Waals surface area contributed by atoms with E-state index in [-0.39, 0.29) is 6.42 Å². The van der Waals surface area contributed by atoms with Crippen LogP contribution in [-0.4, -0.2) is 28.4 Å². The summed E-state index contributed by atoms with van der Waals surface area (Å²) in [7, 11) is 0. The van der Waals surface area contributed by atoms with Crippen molar-refractivity contribution in [2.75, 3.05) is 0 Å². The van der Waals surface area contributed by atoms with Crippen molar-refractivity contribution >= 4 is 5.97 Å². The first kappa shape index (κ1) is 13.8. The molecular formula is C17H16O4. The summed E-state index contributed by atoms with van der Waals surface area (Å²) >= 11 is 0. The number of carbonyl (C=O) groups excluding carboxylic acids is 1. The first-order chi connectivity index (χ1) is 10.1. The van der Waals surface area contributed by atoms with Crippen molar-refractivity contribution < 1.29 is 19.7 Å². The molecule has 0 saturated heterocycles. The van der Waals surface area contributed by atoms with Crippen molar-refractivity contribution in [3.63, 3.8) is 0 Å². The van der Waals surface area contributed by atoms with Crippen LogP contribution in [0.3, 0.4) is 0 Å². The Labute approximate surface area is 122 Å². The van der Waals surface area contributed by atoms with Crippen molar-refractivity contribution in [3.8, 4) is 5.75 Å². The number of benzene rings is 2. The van der Waals surface area contributed by atoms with Crippen LogP contribution in [0.4, 0.5) is 0 Å². The molecule has 0 bridgehead atoms. The molecule has 0 fully saturated rings. The number of hydrogen-bond acceptors (Lipinski definition) is 4. The van der Waals surface area contributed by atoms with Gasteiger partial charge in [-0.2, -0.15) is 0 Å². The van der Waals surface area contributed by atoms with E-state index in [1.807, 2.05) is 12.1 Å². The van der Waals surface area contributed by atoms with E-state index in [9.17, 15) is 15.0 Å². The average Bonchev–Trinajstić information content (AvgIpc) is 2.50. The highest BCUT2D eigenvalue weighted by Crippen LogP contribution is 2.30. The van der Waals surface area contributed by atoms with Crippen LogP contribution in [0.25, 0.3) is 0 Å². The fourth-order valence-electron chi connectivity index (χ4n) is 2.57. The molecule has 0 aliphatic heterocycles. The van der Waals surface area contributed by atoms with E-state index in [1.54, 1.807) is 36.4 Å². The number of fused-ring (bicyclic) bond motifs is 1. The van der Waals surface area contributed by atoms with Gasteiger partial charge in [-0.3, -0.25) is 0 Å². The second kappa shape index (κ2) is 5.68. The standard InChI is InChI=1S/C17H16O4/c18-14-9-12-7-4-8-16(13(12)10-15(14)19)21-17(20)11-5-2-1-3-6-11/h1-8,14-15,18-19H,9-10H2/t14-,15+/m1/s1. The molecule has 2 N–H and O–H groups in total. The highest BCUT2D eigenvalue weighted by atomic mass is 16.5. The molecule has 3 rings (SSSR count). The van der Waals surface area contributed by atoms with Gasteiger partial charge in [0, 0.05) is 18.4 Å². The summed E-state index contributed by atoms with van der Waals surface area (Å²) in [5.41, 5.74) is 2.18. The zero-order valence-electron chi connectivity index (χ0n) is 11.4. The summed E-state index contributed by atoms with van der Waals surface area (Å²) in [5, 5.41) is 19.5. The number of carbonyl (C=O) groups is 1. The second-order valence-corrected chi connectivity index (χ2v) is 5.19. The minimum Gasteiger partial charge on any atom is -0.423 e. The second-order valence-electron chi connectivity index (χ2n) is 5.19. The highest BCUT2D eigenvalue weighted by Gasteiger charge is 2.27. The SMILES string of the molecule is O=C(Oc1cccc2c1C[C@H](O)[C@H](O)C2)c1ccccc1. The lowest BCUT2D eigenvalue weighted by molar-refractivity contribution is 0.0135. The Balaban J connectivity index is 1.87. The predicted octanol–water partition coefficient (Wildman–Crippen LogP) is 1.73. The minimum atomic E-state index is -0.825. The molecule has 0 spiro atoms. The summed E-state index contributed by atoms with van der Waals surface area (Å²) in [6.07, 6.45) is -0.936. The van der Waals surface area contributed by atoms with Crippen molar-refractivity contribution in [2.45, 2.75) is 25.0 Å². The molecule has 2 atom stereocenters. The molecule has 4 nitrogen and oxygen atoms in total. The Morgan fingerprint density at radius 3 is 2.43 bits per heavy atom. The van der Waals surface area contributed by atoms with Gasteiger partial charge in [0.15, 0.2) is 0 Å². The van der Waals surface area contributed by atoms with Gasteiger partial charge in [0.25, 0.3) is 0 Å². The third-order valence-electron chi connectivity index (χ3n) is 3.73. The number of aliphatic hydroxyl groups excluding tert-OH is 2. The van der Waals surface area contributed by atoms with E-state index in [1.165, 1.54) is 0 Å². The van der Waals surface area contributed by atoms with Gasteiger partial charge in [-0.1, -0.05) is 30.3 Å². The van der Waals surface area contributed by atoms with Gasteiger partial charge >= 0.3 is 5.97 Å². The summed E-state index contributed by atoms with van der Waals surface area (Å²) in [6.45, 7) is 0. The van der Waals surface area contributed by atoms with Crippen molar-refractivity contribution in [1.82, 2.24) is 0 Å². The molecule has 4 heteroatoms. The van der Waals surface area contributed by atoms with Crippen LogP contribution in [-0.2, 0) is 12.8 Å². The Hall–Kier alpha value is -2.17. The fourth-order valence-corrected chi connectivity index (χ4v) is 2.57. The summed E-state index contributed by atoms with van der Waals surface area (Å²) in [4.78, 5) is 12.1. The number of ether oxygens (including phenoxy) is 1. The van der Waals surface area contributed by atoms with Crippen LogP contribution < -0.4 is 4.74 Å². The Bertz CT molecular complexity index is 651. The van der Waals surface area contributed by atoms with Gasteiger partial charge in [-0.15, -0.1) is 0 Å². The van der Waals surface area contributed by atoms with E-state index in [2.05, 4.69) is 0 Å². The molecule has 2 aromatic rings. The molecule has 0 unspecified atom stereocenters. The van der Waals surface area contributed by atoms with Gasteiger partial charge in [0.2, 0.25) is 0 Å². The number of hydrogen-bond donors (Lipinski definition) is 2. The zero-order valence-corrected chi connectivity index (χ0v) is 11.4. The third-order valence-corrected chi connectivity index (χ3v) is 3.73. The third kappa shape index (κ3) is 2.82. The minimum absolute atomic E-state index is 0.286. The zero-order chi connectivity index (χ0) is 14.8. The lowest BCUT2D eigenvalue weighted by Crippen LogP contribution is -2.34. The van der Waals surface area contributed by atoms with E-state index in [4.69, 9.17) is 4.74 Å². The fraction of sp³-hybridized carbons (Fsp3) is 0.235. The maximum atomic E-state index is 12.1. The lowest BCUT2D eigenvalue weighted by atomic mass is 9.87. The van der Waals surface area contributed by atoms with Gasteiger partial charge < -0.3 is 14.9 Å². The van der Waals surface area contributed by atoms with Crippen LogP contribution in [0, 0.1) is 0 Å². The van der Waals surface area contributed by atoms with Gasteiger partial charge in [-0.25, -0.2) is 4.79 Å². The lowest BCUT2D eigenvalue weighted by Gasteiger charge is -2.27. The quantitative estimate of drug-likeness (QED) is 0.651.